The Hall–Kier alpha value is 0.0169. The van der Waals surface area contributed by atoms with Crippen LogP contribution in [0, 0.1) is 0 Å². The van der Waals surface area contributed by atoms with Crippen LogP contribution >= 0.6 is 0 Å². The summed E-state index contributed by atoms with van der Waals surface area (Å²) >= 11 is 0. The molecule has 0 rings (SSSR count). The van der Waals surface area contributed by atoms with Gasteiger partial charge in [-0.25, -0.2) is 0 Å². The van der Waals surface area contributed by atoms with Gasteiger partial charge in [0, 0.05) is 45.0 Å². The average Bonchev–Trinajstić information content (AvgIpc) is 2.46. The molecule has 0 amide bonds. The molecule has 3 N–H and O–H groups in total. The highest BCUT2D eigenvalue weighted by Crippen LogP contribution is 2.19. The van der Waals surface area contributed by atoms with Crippen LogP contribution in [0.15, 0.2) is 0 Å². The average molecular weight is 307 g/mol. The Kier molecular flexibility index (Phi) is 12.7. The van der Waals surface area contributed by atoms with Crippen molar-refractivity contribution in [1.82, 2.24) is 5.32 Å². The quantitative estimate of drug-likeness (QED) is 0.481. The fraction of sp³-hybridized carbons (Fsp3) is 1.00. The summed E-state index contributed by atoms with van der Waals surface area (Å²) in [7, 11) is -2.57. The van der Waals surface area contributed by atoms with Gasteiger partial charge in [-0.1, -0.05) is 20.8 Å². The van der Waals surface area contributed by atoms with E-state index in [0.29, 0.717) is 26.4 Å². The summed E-state index contributed by atoms with van der Waals surface area (Å²) in [5.74, 6) is 0. The first-order valence-electron chi connectivity index (χ1n) is 7.99. The number of hydrogen-bond donors (Lipinski definition) is 2. The molecule has 0 spiro atoms. The predicted octanol–water partition coefficient (Wildman–Crippen LogP) is 2.14. The molecule has 0 bridgehead atoms. The standard InChI is InChI=1S/C14H34N2O3Si/c1-5-10-17-20(18-11-6-2,19-12-7-3)13-14(4)16-9-8-15/h14,16H,5-13,15H2,1-4H3. The Bertz CT molecular complexity index is 199. The topological polar surface area (TPSA) is 65.7 Å². The normalized spacial score (nSPS) is 13.7. The first-order chi connectivity index (χ1) is 9.64. The van der Waals surface area contributed by atoms with Gasteiger partial charge in [-0.05, 0) is 26.2 Å². The number of nitrogens with one attached hydrogen (secondary N) is 1. The van der Waals surface area contributed by atoms with E-state index < -0.39 is 8.80 Å². The highest BCUT2D eigenvalue weighted by Gasteiger charge is 2.42. The monoisotopic (exact) mass is 306 g/mol. The van der Waals surface area contributed by atoms with Gasteiger partial charge in [0.25, 0.3) is 0 Å². The minimum atomic E-state index is -2.57. The molecule has 0 aliphatic heterocycles. The molecule has 0 radical (unpaired) electrons. The number of nitrogens with two attached hydrogens (primary N) is 1. The van der Waals surface area contributed by atoms with Gasteiger partial charge in [-0.3, -0.25) is 0 Å². The molecule has 0 aliphatic carbocycles. The third-order valence-electron chi connectivity index (χ3n) is 2.77. The van der Waals surface area contributed by atoms with Crippen molar-refractivity contribution < 1.29 is 13.3 Å². The maximum atomic E-state index is 6.06. The van der Waals surface area contributed by atoms with Crippen LogP contribution < -0.4 is 11.1 Å². The van der Waals surface area contributed by atoms with Crippen LogP contribution in [0.3, 0.4) is 0 Å². The largest absolute Gasteiger partial charge is 0.502 e. The molecule has 0 aromatic rings. The summed E-state index contributed by atoms with van der Waals surface area (Å²) in [6.45, 7) is 12.0. The van der Waals surface area contributed by atoms with E-state index in [4.69, 9.17) is 19.0 Å². The summed E-state index contributed by atoms with van der Waals surface area (Å²) in [6.07, 6.45) is 2.93. The van der Waals surface area contributed by atoms with E-state index in [9.17, 15) is 0 Å². The molecule has 5 nitrogen and oxygen atoms in total. The molecule has 20 heavy (non-hydrogen) atoms. The lowest BCUT2D eigenvalue weighted by atomic mass is 10.4. The minimum absolute atomic E-state index is 0.288. The lowest BCUT2D eigenvalue weighted by molar-refractivity contribution is 0.0572. The Morgan fingerprint density at radius 2 is 1.40 bits per heavy atom. The summed E-state index contributed by atoms with van der Waals surface area (Å²) < 4.78 is 18.2. The molecule has 0 saturated heterocycles. The molecule has 0 aromatic carbocycles. The molecule has 0 fully saturated rings. The Morgan fingerprint density at radius 1 is 0.950 bits per heavy atom. The van der Waals surface area contributed by atoms with E-state index in [2.05, 4.69) is 33.0 Å². The van der Waals surface area contributed by atoms with Crippen LogP contribution in [0.4, 0.5) is 0 Å². The maximum Gasteiger partial charge on any atom is 0.502 e. The maximum absolute atomic E-state index is 6.06. The lowest BCUT2D eigenvalue weighted by Crippen LogP contribution is -2.51. The van der Waals surface area contributed by atoms with Gasteiger partial charge in [-0.2, -0.15) is 0 Å². The summed E-state index contributed by atoms with van der Waals surface area (Å²) in [4.78, 5) is 0. The van der Waals surface area contributed by atoms with Crippen molar-refractivity contribution in [2.75, 3.05) is 32.9 Å². The van der Waals surface area contributed by atoms with E-state index in [1.807, 2.05) is 0 Å². The molecule has 6 heteroatoms. The fourth-order valence-corrected chi connectivity index (χ4v) is 4.89. The van der Waals surface area contributed by atoms with Crippen molar-refractivity contribution >= 4 is 8.80 Å². The second kappa shape index (κ2) is 12.7. The highest BCUT2D eigenvalue weighted by molar-refractivity contribution is 6.60. The number of hydrogen-bond acceptors (Lipinski definition) is 5. The Morgan fingerprint density at radius 3 is 1.75 bits per heavy atom. The van der Waals surface area contributed by atoms with Gasteiger partial charge in [0.1, 0.15) is 0 Å². The zero-order chi connectivity index (χ0) is 15.3. The van der Waals surface area contributed by atoms with Gasteiger partial charge in [0.2, 0.25) is 0 Å². The zero-order valence-electron chi connectivity index (χ0n) is 13.7. The third kappa shape index (κ3) is 9.04. The molecule has 122 valence electrons. The molecule has 0 aromatic heterocycles. The lowest BCUT2D eigenvalue weighted by Gasteiger charge is -2.32. The highest BCUT2D eigenvalue weighted by atomic mass is 28.4. The zero-order valence-corrected chi connectivity index (χ0v) is 14.7. The SMILES string of the molecule is CCCO[Si](CC(C)NCCN)(OCCC)OCCC. The minimum Gasteiger partial charge on any atom is -0.373 e. The van der Waals surface area contributed by atoms with Crippen LogP contribution in [-0.2, 0) is 13.3 Å². The van der Waals surface area contributed by atoms with Crippen molar-refractivity contribution in [3.05, 3.63) is 0 Å². The number of rotatable bonds is 14. The summed E-state index contributed by atoms with van der Waals surface area (Å²) in [5.41, 5.74) is 5.54. The Labute approximate surface area is 125 Å². The van der Waals surface area contributed by atoms with Crippen LogP contribution in [0.1, 0.15) is 47.0 Å². The molecule has 1 unspecified atom stereocenters. The fourth-order valence-electron chi connectivity index (χ4n) is 1.85. The molecule has 0 heterocycles. The van der Waals surface area contributed by atoms with Gasteiger partial charge in [0.15, 0.2) is 0 Å². The predicted molar refractivity (Wildman–Crippen MR) is 85.8 cm³/mol. The first kappa shape index (κ1) is 20.0. The Balaban J connectivity index is 4.64. The molecule has 0 saturated carbocycles. The van der Waals surface area contributed by atoms with E-state index >= 15 is 0 Å². The second-order valence-corrected chi connectivity index (χ2v) is 7.72. The van der Waals surface area contributed by atoms with Crippen LogP contribution in [0.5, 0.6) is 0 Å². The van der Waals surface area contributed by atoms with Crippen molar-refractivity contribution in [1.29, 1.82) is 0 Å². The van der Waals surface area contributed by atoms with Gasteiger partial charge in [0.05, 0.1) is 0 Å². The van der Waals surface area contributed by atoms with E-state index in [0.717, 1.165) is 31.9 Å². The summed E-state index contributed by atoms with van der Waals surface area (Å²) in [5, 5.41) is 3.39. The van der Waals surface area contributed by atoms with Gasteiger partial charge in [-0.15, -0.1) is 0 Å². The van der Waals surface area contributed by atoms with Crippen molar-refractivity contribution in [3.8, 4) is 0 Å². The molecular formula is C14H34N2O3Si. The van der Waals surface area contributed by atoms with Gasteiger partial charge >= 0.3 is 8.80 Å². The van der Waals surface area contributed by atoms with Crippen LogP contribution in [-0.4, -0.2) is 47.8 Å². The molecular weight excluding hydrogens is 272 g/mol. The third-order valence-corrected chi connectivity index (χ3v) is 5.82. The first-order valence-corrected chi connectivity index (χ1v) is 9.92. The van der Waals surface area contributed by atoms with E-state index in [1.54, 1.807) is 0 Å². The summed E-state index contributed by atoms with van der Waals surface area (Å²) in [6, 6.07) is 1.09. The van der Waals surface area contributed by atoms with Crippen molar-refractivity contribution in [2.45, 2.75) is 59.0 Å². The van der Waals surface area contributed by atoms with Crippen LogP contribution in [0.2, 0.25) is 6.04 Å². The van der Waals surface area contributed by atoms with Crippen LogP contribution in [0.25, 0.3) is 0 Å². The molecule has 0 aliphatic rings. The van der Waals surface area contributed by atoms with Gasteiger partial charge < -0.3 is 24.3 Å². The van der Waals surface area contributed by atoms with E-state index in [1.165, 1.54) is 0 Å². The molecule has 1 atom stereocenters. The smallest absolute Gasteiger partial charge is 0.373 e. The second-order valence-electron chi connectivity index (χ2n) is 5.08. The van der Waals surface area contributed by atoms with E-state index in [-0.39, 0.29) is 6.04 Å². The van der Waals surface area contributed by atoms with Crippen molar-refractivity contribution in [3.63, 3.8) is 0 Å². The van der Waals surface area contributed by atoms with Crippen molar-refractivity contribution in [2.24, 2.45) is 5.73 Å².